The summed E-state index contributed by atoms with van der Waals surface area (Å²) in [6.07, 6.45) is 4.25. The summed E-state index contributed by atoms with van der Waals surface area (Å²) in [6.45, 7) is 3.81. The van der Waals surface area contributed by atoms with Crippen LogP contribution in [0.4, 0.5) is 5.82 Å². The van der Waals surface area contributed by atoms with Gasteiger partial charge in [-0.3, -0.25) is 18.9 Å². The Balaban J connectivity index is 1.66. The molecule has 1 aromatic carbocycles. The van der Waals surface area contributed by atoms with Crippen LogP contribution < -0.4 is 10.5 Å². The van der Waals surface area contributed by atoms with Gasteiger partial charge in [-0.05, 0) is 42.7 Å². The second kappa shape index (κ2) is 7.94. The quantitative estimate of drug-likeness (QED) is 0.452. The van der Waals surface area contributed by atoms with E-state index in [4.69, 9.17) is 17.2 Å². The minimum absolute atomic E-state index is 0.162. The van der Waals surface area contributed by atoms with Gasteiger partial charge in [-0.15, -0.1) is 0 Å². The van der Waals surface area contributed by atoms with Crippen LogP contribution >= 0.6 is 24.0 Å². The number of hydrogen-bond acceptors (Lipinski definition) is 6. The fourth-order valence-corrected chi connectivity index (χ4v) is 5.40. The first-order chi connectivity index (χ1) is 15.1. The molecule has 2 aromatic heterocycles. The van der Waals surface area contributed by atoms with Gasteiger partial charge in [0, 0.05) is 25.8 Å². The number of amides is 1. The fraction of sp³-hybridized carbons (Fsp3) is 0.217. The summed E-state index contributed by atoms with van der Waals surface area (Å²) in [5.41, 5.74) is 3.36. The maximum Gasteiger partial charge on any atom is 0.267 e. The number of carbonyl (C=O) groups excluding carboxylic acids is 1. The van der Waals surface area contributed by atoms with Gasteiger partial charge in [0.05, 0.1) is 10.5 Å². The molecule has 0 radical (unpaired) electrons. The molecular weight excluding hydrogens is 428 g/mol. The van der Waals surface area contributed by atoms with Crippen molar-refractivity contribution in [3.63, 3.8) is 0 Å². The average Bonchev–Trinajstić information content (AvgIpc) is 3.07. The third kappa shape index (κ3) is 3.45. The van der Waals surface area contributed by atoms with Crippen LogP contribution in [0.15, 0.2) is 58.4 Å². The number of fused-ring (bicyclic) bond motifs is 2. The summed E-state index contributed by atoms with van der Waals surface area (Å²) in [6, 6.07) is 13.8. The van der Waals surface area contributed by atoms with E-state index in [-0.39, 0.29) is 11.5 Å². The molecule has 0 spiro atoms. The van der Waals surface area contributed by atoms with Crippen molar-refractivity contribution in [2.24, 2.45) is 0 Å². The van der Waals surface area contributed by atoms with E-state index in [1.54, 1.807) is 23.2 Å². The molecule has 1 saturated heterocycles. The molecule has 31 heavy (non-hydrogen) atoms. The predicted molar refractivity (Wildman–Crippen MR) is 128 cm³/mol. The van der Waals surface area contributed by atoms with Crippen molar-refractivity contribution in [2.45, 2.75) is 19.9 Å². The van der Waals surface area contributed by atoms with Crippen LogP contribution in [-0.4, -0.2) is 37.6 Å². The van der Waals surface area contributed by atoms with E-state index < -0.39 is 0 Å². The van der Waals surface area contributed by atoms with Crippen molar-refractivity contribution >= 4 is 51.7 Å². The molecule has 1 fully saturated rings. The van der Waals surface area contributed by atoms with Crippen LogP contribution in [0.3, 0.4) is 0 Å². The maximum absolute atomic E-state index is 13.4. The smallest absolute Gasteiger partial charge is 0.267 e. The molecule has 3 aromatic rings. The normalized spacial score (nSPS) is 17.6. The lowest BCUT2D eigenvalue weighted by molar-refractivity contribution is -0.121. The number of carbonyl (C=O) groups is 1. The molecule has 0 unspecified atom stereocenters. The van der Waals surface area contributed by atoms with Gasteiger partial charge >= 0.3 is 0 Å². The van der Waals surface area contributed by atoms with Gasteiger partial charge in [0.2, 0.25) is 0 Å². The monoisotopic (exact) mass is 448 g/mol. The Morgan fingerprint density at radius 1 is 1.13 bits per heavy atom. The number of thiocarbonyl (C=S) groups is 1. The zero-order valence-corrected chi connectivity index (χ0v) is 18.6. The van der Waals surface area contributed by atoms with Crippen LogP contribution in [0, 0.1) is 0 Å². The largest absolute Gasteiger partial charge is 0.351 e. The lowest BCUT2D eigenvalue weighted by Gasteiger charge is -2.30. The highest BCUT2D eigenvalue weighted by atomic mass is 32.2. The molecule has 8 heteroatoms. The summed E-state index contributed by atoms with van der Waals surface area (Å²) >= 11 is 6.57. The first-order valence-corrected chi connectivity index (χ1v) is 11.4. The highest BCUT2D eigenvalue weighted by molar-refractivity contribution is 8.26. The molecule has 0 saturated carbocycles. The van der Waals surface area contributed by atoms with Gasteiger partial charge in [0.25, 0.3) is 11.5 Å². The van der Waals surface area contributed by atoms with E-state index in [2.05, 4.69) is 23.1 Å². The number of hydrogen-bond donors (Lipinski definition) is 0. The molecule has 156 valence electrons. The van der Waals surface area contributed by atoms with Gasteiger partial charge < -0.3 is 4.90 Å². The number of benzene rings is 1. The molecule has 0 bridgehead atoms. The third-order valence-electron chi connectivity index (χ3n) is 5.64. The predicted octanol–water partition coefficient (Wildman–Crippen LogP) is 3.48. The SMILES string of the molecule is CCN1C(=O)/C(=C\c2c(N3CCc4ccccc4C3)nc3ccccn3c2=O)SC1=S. The molecule has 2 aliphatic heterocycles. The topological polar surface area (TPSA) is 57.9 Å². The average molecular weight is 449 g/mol. The van der Waals surface area contributed by atoms with Gasteiger partial charge in [-0.2, -0.15) is 0 Å². The van der Waals surface area contributed by atoms with Gasteiger partial charge in [0.15, 0.2) is 0 Å². The van der Waals surface area contributed by atoms with Crippen molar-refractivity contribution in [2.75, 3.05) is 18.0 Å². The molecule has 0 atom stereocenters. The number of aromatic nitrogens is 2. The van der Waals surface area contributed by atoms with Gasteiger partial charge in [0.1, 0.15) is 15.8 Å². The second-order valence-electron chi connectivity index (χ2n) is 7.45. The number of nitrogens with zero attached hydrogens (tertiary/aromatic N) is 4. The highest BCUT2D eigenvalue weighted by Crippen LogP contribution is 2.34. The Morgan fingerprint density at radius 2 is 1.90 bits per heavy atom. The molecular formula is C23H20N4O2S2. The molecule has 2 aliphatic rings. The van der Waals surface area contributed by atoms with Crippen LogP contribution in [0.2, 0.25) is 0 Å². The summed E-state index contributed by atoms with van der Waals surface area (Å²) in [5.74, 6) is 0.442. The summed E-state index contributed by atoms with van der Waals surface area (Å²) in [5, 5.41) is 0. The number of likely N-dealkylation sites (N-methyl/N-ethyl adjacent to an activating group) is 1. The van der Waals surface area contributed by atoms with Crippen molar-refractivity contribution in [3.8, 4) is 0 Å². The Hall–Kier alpha value is -2.97. The van der Waals surface area contributed by atoms with E-state index in [1.807, 2.05) is 25.1 Å². The molecule has 4 heterocycles. The van der Waals surface area contributed by atoms with E-state index >= 15 is 0 Å². The third-order valence-corrected chi connectivity index (χ3v) is 7.02. The molecule has 1 amide bonds. The van der Waals surface area contributed by atoms with Crippen molar-refractivity contribution in [3.05, 3.63) is 80.6 Å². The molecule has 0 aliphatic carbocycles. The Kier molecular flexibility index (Phi) is 5.11. The maximum atomic E-state index is 13.4. The first-order valence-electron chi connectivity index (χ1n) is 10.2. The van der Waals surface area contributed by atoms with Gasteiger partial charge in [-0.1, -0.05) is 54.3 Å². The lowest BCUT2D eigenvalue weighted by Crippen LogP contribution is -2.34. The number of anilines is 1. The molecule has 5 rings (SSSR count). The summed E-state index contributed by atoms with van der Waals surface area (Å²) in [4.78, 5) is 35.2. The van der Waals surface area contributed by atoms with Crippen LogP contribution in [-0.2, 0) is 17.8 Å². The minimum atomic E-state index is -0.193. The minimum Gasteiger partial charge on any atom is -0.351 e. The number of rotatable bonds is 3. The van der Waals surface area contributed by atoms with E-state index in [0.717, 1.165) is 13.0 Å². The van der Waals surface area contributed by atoms with E-state index in [0.29, 0.717) is 39.3 Å². The van der Waals surface area contributed by atoms with Crippen LogP contribution in [0.25, 0.3) is 11.7 Å². The number of pyridine rings is 1. The van der Waals surface area contributed by atoms with Gasteiger partial charge in [-0.25, -0.2) is 4.98 Å². The number of thioether (sulfide) groups is 1. The van der Waals surface area contributed by atoms with Crippen LogP contribution in [0.5, 0.6) is 0 Å². The summed E-state index contributed by atoms with van der Waals surface area (Å²) in [7, 11) is 0. The zero-order chi connectivity index (χ0) is 21.5. The summed E-state index contributed by atoms with van der Waals surface area (Å²) < 4.78 is 2.04. The fourth-order valence-electron chi connectivity index (χ4n) is 4.04. The highest BCUT2D eigenvalue weighted by Gasteiger charge is 2.32. The Labute approximate surface area is 189 Å². The standard InChI is InChI=1S/C23H20N4O2S2/c1-2-26-22(29)18(31-23(26)30)13-17-20(24-19-9-5-6-11-27(19)21(17)28)25-12-10-15-7-3-4-8-16(15)14-25/h3-9,11,13H,2,10,12,14H2,1H3/b18-13+. The van der Waals surface area contributed by atoms with Crippen LogP contribution in [0.1, 0.15) is 23.6 Å². The Morgan fingerprint density at radius 3 is 2.68 bits per heavy atom. The second-order valence-corrected chi connectivity index (χ2v) is 9.13. The van der Waals surface area contributed by atoms with Crippen molar-refractivity contribution in [1.82, 2.24) is 14.3 Å². The first kappa shape index (κ1) is 20.0. The van der Waals surface area contributed by atoms with E-state index in [9.17, 15) is 9.59 Å². The Bertz CT molecular complexity index is 1310. The molecule has 6 nitrogen and oxygen atoms in total. The van der Waals surface area contributed by atoms with Crippen molar-refractivity contribution in [1.29, 1.82) is 0 Å². The zero-order valence-electron chi connectivity index (χ0n) is 16.9. The van der Waals surface area contributed by atoms with Crippen molar-refractivity contribution < 1.29 is 4.79 Å². The van der Waals surface area contributed by atoms with E-state index in [1.165, 1.54) is 27.3 Å². The molecule has 0 N–H and O–H groups in total. The lowest BCUT2D eigenvalue weighted by atomic mass is 9.99.